The van der Waals surface area contributed by atoms with Gasteiger partial charge in [-0.25, -0.2) is 4.98 Å². The standard InChI is InChI=1S/C14H13ClN2O3/c1-9(2)20-12-5-3-4-10(6-12)13-7-11(17(18)19)8-14(15)16-13/h3-9H,1-2H3. The van der Waals surface area contributed by atoms with Crippen molar-refractivity contribution < 1.29 is 9.66 Å². The van der Waals surface area contributed by atoms with E-state index < -0.39 is 4.92 Å². The summed E-state index contributed by atoms with van der Waals surface area (Å²) >= 11 is 5.82. The van der Waals surface area contributed by atoms with Crippen molar-refractivity contribution in [3.63, 3.8) is 0 Å². The quantitative estimate of drug-likeness (QED) is 0.483. The van der Waals surface area contributed by atoms with Crippen molar-refractivity contribution >= 4 is 17.3 Å². The molecular formula is C14H13ClN2O3. The third-order valence-corrected chi connectivity index (χ3v) is 2.68. The average molecular weight is 293 g/mol. The normalized spacial score (nSPS) is 10.6. The summed E-state index contributed by atoms with van der Waals surface area (Å²) in [5, 5.41) is 10.9. The van der Waals surface area contributed by atoms with Crippen LogP contribution in [0.4, 0.5) is 5.69 Å². The van der Waals surface area contributed by atoms with E-state index in [4.69, 9.17) is 16.3 Å². The summed E-state index contributed by atoms with van der Waals surface area (Å²) in [7, 11) is 0. The predicted molar refractivity (Wildman–Crippen MR) is 77.1 cm³/mol. The fourth-order valence-electron chi connectivity index (χ4n) is 1.74. The molecule has 5 nitrogen and oxygen atoms in total. The summed E-state index contributed by atoms with van der Waals surface area (Å²) in [6.45, 7) is 3.85. The van der Waals surface area contributed by atoms with E-state index in [0.717, 1.165) is 0 Å². The first-order chi connectivity index (χ1) is 9.45. The molecule has 1 aromatic heterocycles. The molecule has 0 unspecified atom stereocenters. The van der Waals surface area contributed by atoms with E-state index in [1.807, 2.05) is 26.0 Å². The van der Waals surface area contributed by atoms with Crippen molar-refractivity contribution in [2.45, 2.75) is 20.0 Å². The molecule has 0 saturated carbocycles. The second-order valence-electron chi connectivity index (χ2n) is 4.48. The number of benzene rings is 1. The molecule has 2 rings (SSSR count). The van der Waals surface area contributed by atoms with Crippen molar-refractivity contribution in [3.8, 4) is 17.0 Å². The van der Waals surface area contributed by atoms with Crippen molar-refractivity contribution in [2.75, 3.05) is 0 Å². The van der Waals surface area contributed by atoms with Crippen LogP contribution < -0.4 is 4.74 Å². The van der Waals surface area contributed by atoms with Gasteiger partial charge in [-0.15, -0.1) is 0 Å². The summed E-state index contributed by atoms with van der Waals surface area (Å²) < 4.78 is 5.59. The topological polar surface area (TPSA) is 65.3 Å². The minimum absolute atomic E-state index is 0.0481. The largest absolute Gasteiger partial charge is 0.491 e. The Hall–Kier alpha value is -2.14. The smallest absolute Gasteiger partial charge is 0.274 e. The molecule has 0 spiro atoms. The molecule has 0 aliphatic carbocycles. The highest BCUT2D eigenvalue weighted by Gasteiger charge is 2.12. The van der Waals surface area contributed by atoms with E-state index in [1.54, 1.807) is 12.1 Å². The zero-order valence-corrected chi connectivity index (χ0v) is 11.8. The lowest BCUT2D eigenvalue weighted by atomic mass is 10.1. The Morgan fingerprint density at radius 1 is 1.30 bits per heavy atom. The monoisotopic (exact) mass is 292 g/mol. The zero-order chi connectivity index (χ0) is 14.7. The molecule has 6 heteroatoms. The third kappa shape index (κ3) is 3.45. The van der Waals surface area contributed by atoms with Crippen LogP contribution in [0.3, 0.4) is 0 Å². The van der Waals surface area contributed by atoms with Gasteiger partial charge in [-0.3, -0.25) is 10.1 Å². The molecule has 0 fully saturated rings. The number of hydrogen-bond acceptors (Lipinski definition) is 4. The molecule has 0 aliphatic heterocycles. The molecule has 20 heavy (non-hydrogen) atoms. The lowest BCUT2D eigenvalue weighted by Crippen LogP contribution is -2.05. The lowest BCUT2D eigenvalue weighted by Gasteiger charge is -2.10. The Morgan fingerprint density at radius 2 is 2.05 bits per heavy atom. The predicted octanol–water partition coefficient (Wildman–Crippen LogP) is 4.10. The number of nitro groups is 1. The number of ether oxygens (including phenoxy) is 1. The number of halogens is 1. The highest BCUT2D eigenvalue weighted by molar-refractivity contribution is 6.29. The van der Waals surface area contributed by atoms with Gasteiger partial charge >= 0.3 is 0 Å². The number of nitrogens with zero attached hydrogens (tertiary/aromatic N) is 2. The van der Waals surface area contributed by atoms with Crippen LogP contribution in [-0.2, 0) is 0 Å². The Balaban J connectivity index is 2.43. The van der Waals surface area contributed by atoms with Crippen molar-refractivity contribution in [1.82, 2.24) is 4.98 Å². The molecular weight excluding hydrogens is 280 g/mol. The van der Waals surface area contributed by atoms with E-state index >= 15 is 0 Å². The second-order valence-corrected chi connectivity index (χ2v) is 4.87. The van der Waals surface area contributed by atoms with Crippen molar-refractivity contribution in [2.24, 2.45) is 0 Å². The van der Waals surface area contributed by atoms with Crippen LogP contribution in [0.1, 0.15) is 13.8 Å². The molecule has 0 radical (unpaired) electrons. The van der Waals surface area contributed by atoms with Gasteiger partial charge in [0.25, 0.3) is 5.69 Å². The first-order valence-corrected chi connectivity index (χ1v) is 6.42. The van der Waals surface area contributed by atoms with Crippen LogP contribution in [-0.4, -0.2) is 16.0 Å². The third-order valence-electron chi connectivity index (χ3n) is 2.49. The molecule has 0 N–H and O–H groups in total. The second kappa shape index (κ2) is 5.88. The molecule has 104 valence electrons. The molecule has 0 aliphatic rings. The van der Waals surface area contributed by atoms with E-state index in [1.165, 1.54) is 12.1 Å². The Labute approximate surface area is 121 Å². The number of hydrogen-bond donors (Lipinski definition) is 0. The van der Waals surface area contributed by atoms with Crippen LogP contribution in [0.15, 0.2) is 36.4 Å². The fourth-order valence-corrected chi connectivity index (χ4v) is 1.94. The van der Waals surface area contributed by atoms with Crippen LogP contribution >= 0.6 is 11.6 Å². The van der Waals surface area contributed by atoms with Gasteiger partial charge in [-0.1, -0.05) is 23.7 Å². The Bertz CT molecular complexity index is 644. The number of rotatable bonds is 4. The van der Waals surface area contributed by atoms with Gasteiger partial charge in [0.2, 0.25) is 0 Å². The molecule has 0 amide bonds. The first-order valence-electron chi connectivity index (χ1n) is 6.05. The minimum Gasteiger partial charge on any atom is -0.491 e. The number of aromatic nitrogens is 1. The summed E-state index contributed by atoms with van der Waals surface area (Å²) in [6.07, 6.45) is 0.0481. The highest BCUT2D eigenvalue weighted by atomic mass is 35.5. The SMILES string of the molecule is CC(C)Oc1cccc(-c2cc([N+](=O)[O-])cc(Cl)n2)c1. The minimum atomic E-state index is -0.495. The zero-order valence-electron chi connectivity index (χ0n) is 11.0. The van der Waals surface area contributed by atoms with Gasteiger partial charge in [0.1, 0.15) is 10.9 Å². The summed E-state index contributed by atoms with van der Waals surface area (Å²) in [5.74, 6) is 0.682. The van der Waals surface area contributed by atoms with E-state index in [0.29, 0.717) is 17.0 Å². The van der Waals surface area contributed by atoms with E-state index in [2.05, 4.69) is 4.98 Å². The molecule has 1 heterocycles. The average Bonchev–Trinajstić information content (AvgIpc) is 2.37. The van der Waals surface area contributed by atoms with Crippen molar-refractivity contribution in [1.29, 1.82) is 0 Å². The maximum absolute atomic E-state index is 10.8. The summed E-state index contributed by atoms with van der Waals surface area (Å²) in [5.41, 5.74) is 1.07. The van der Waals surface area contributed by atoms with E-state index in [9.17, 15) is 10.1 Å². The fraction of sp³-hybridized carbons (Fsp3) is 0.214. The van der Waals surface area contributed by atoms with Crippen LogP contribution in [0, 0.1) is 10.1 Å². The van der Waals surface area contributed by atoms with Gasteiger partial charge in [-0.05, 0) is 26.0 Å². The maximum Gasteiger partial charge on any atom is 0.274 e. The van der Waals surface area contributed by atoms with Gasteiger partial charge in [-0.2, -0.15) is 0 Å². The van der Waals surface area contributed by atoms with Gasteiger partial charge in [0, 0.05) is 11.6 Å². The summed E-state index contributed by atoms with van der Waals surface area (Å²) in [4.78, 5) is 14.5. The molecule has 0 atom stereocenters. The Morgan fingerprint density at radius 3 is 2.70 bits per heavy atom. The number of pyridine rings is 1. The first kappa shape index (κ1) is 14.3. The molecule has 1 aromatic carbocycles. The molecule has 0 saturated heterocycles. The van der Waals surface area contributed by atoms with Crippen LogP contribution in [0.5, 0.6) is 5.75 Å². The highest BCUT2D eigenvalue weighted by Crippen LogP contribution is 2.27. The van der Waals surface area contributed by atoms with Gasteiger partial charge < -0.3 is 4.74 Å². The molecule has 2 aromatic rings. The van der Waals surface area contributed by atoms with Crippen LogP contribution in [0.25, 0.3) is 11.3 Å². The molecule has 0 bridgehead atoms. The van der Waals surface area contributed by atoms with Crippen molar-refractivity contribution in [3.05, 3.63) is 51.7 Å². The summed E-state index contributed by atoms with van der Waals surface area (Å²) in [6, 6.07) is 9.82. The Kier molecular flexibility index (Phi) is 4.20. The van der Waals surface area contributed by atoms with E-state index in [-0.39, 0.29) is 16.9 Å². The lowest BCUT2D eigenvalue weighted by molar-refractivity contribution is -0.384. The van der Waals surface area contributed by atoms with Crippen LogP contribution in [0.2, 0.25) is 5.15 Å². The van der Waals surface area contributed by atoms with Gasteiger partial charge in [0.15, 0.2) is 0 Å². The maximum atomic E-state index is 10.8. The van der Waals surface area contributed by atoms with Gasteiger partial charge in [0.05, 0.1) is 22.8 Å².